The van der Waals surface area contributed by atoms with Gasteiger partial charge in [-0.1, -0.05) is 12.1 Å². The number of hydrogen-bond donors (Lipinski definition) is 0. The predicted octanol–water partition coefficient (Wildman–Crippen LogP) is 2.56. The van der Waals surface area contributed by atoms with Crippen molar-refractivity contribution in [2.75, 3.05) is 20.1 Å². The molecule has 8 heteroatoms. The summed E-state index contributed by atoms with van der Waals surface area (Å²) in [5, 5.41) is 0.507. The summed E-state index contributed by atoms with van der Waals surface area (Å²) in [4.78, 5) is 45.7. The van der Waals surface area contributed by atoms with Crippen LogP contribution in [0.25, 0.3) is 10.9 Å². The van der Waals surface area contributed by atoms with Gasteiger partial charge in [-0.3, -0.25) is 14.2 Å². The first-order chi connectivity index (χ1) is 14.1. The largest absolute Gasteiger partial charge is 0.444 e. The van der Waals surface area contributed by atoms with Gasteiger partial charge in [0, 0.05) is 26.2 Å². The summed E-state index contributed by atoms with van der Waals surface area (Å²) in [5.74, 6) is -0.147. The number of benzene rings is 1. The Kier molecular flexibility index (Phi) is 6.14. The molecular weight excluding hydrogens is 384 g/mol. The molecule has 30 heavy (non-hydrogen) atoms. The van der Waals surface area contributed by atoms with Gasteiger partial charge < -0.3 is 14.5 Å². The third kappa shape index (κ3) is 4.80. The number of ether oxygens (including phenoxy) is 1. The lowest BCUT2D eigenvalue weighted by molar-refractivity contribution is -0.133. The first kappa shape index (κ1) is 21.8. The Morgan fingerprint density at radius 2 is 2.03 bits per heavy atom. The third-order valence-electron chi connectivity index (χ3n) is 5.25. The second-order valence-corrected chi connectivity index (χ2v) is 8.89. The molecule has 8 nitrogen and oxygen atoms in total. The van der Waals surface area contributed by atoms with Gasteiger partial charge in [-0.2, -0.15) is 0 Å². The van der Waals surface area contributed by atoms with Crippen molar-refractivity contribution < 1.29 is 14.3 Å². The third-order valence-corrected chi connectivity index (χ3v) is 5.25. The Bertz CT molecular complexity index is 1010. The lowest BCUT2D eigenvalue weighted by Gasteiger charge is -2.30. The molecule has 0 radical (unpaired) electrons. The van der Waals surface area contributed by atoms with Crippen LogP contribution in [-0.4, -0.2) is 63.1 Å². The summed E-state index contributed by atoms with van der Waals surface area (Å²) < 4.78 is 6.76. The van der Waals surface area contributed by atoms with Crippen molar-refractivity contribution in [3.05, 3.63) is 40.4 Å². The number of fused-ring (bicyclic) bond motifs is 1. The second-order valence-electron chi connectivity index (χ2n) is 8.89. The summed E-state index contributed by atoms with van der Waals surface area (Å²) in [7, 11) is 1.68. The molecule has 0 N–H and O–H groups in total. The van der Waals surface area contributed by atoms with Crippen LogP contribution in [0.5, 0.6) is 0 Å². The van der Waals surface area contributed by atoms with Crippen molar-refractivity contribution >= 4 is 22.9 Å². The quantitative estimate of drug-likeness (QED) is 0.768. The maximum Gasteiger partial charge on any atom is 0.410 e. The van der Waals surface area contributed by atoms with E-state index in [0.29, 0.717) is 24.0 Å². The fourth-order valence-corrected chi connectivity index (χ4v) is 3.77. The zero-order valence-corrected chi connectivity index (χ0v) is 18.3. The predicted molar refractivity (Wildman–Crippen MR) is 114 cm³/mol. The maximum atomic E-state index is 13.0. The average molecular weight is 415 g/mol. The van der Waals surface area contributed by atoms with Crippen LogP contribution in [0.2, 0.25) is 0 Å². The minimum absolute atomic E-state index is 0.0671. The van der Waals surface area contributed by atoms with Crippen LogP contribution in [0.1, 0.15) is 39.2 Å². The van der Waals surface area contributed by atoms with E-state index in [1.807, 2.05) is 39.8 Å². The standard InChI is InChI=1S/C22H30N4O4/c1-15-8-6-10-17-19(15)23-14-25(20(17)28)13-18(27)26-11-7-9-16(26)12-24(5)21(29)30-22(2,3)4/h6,8,10,14,16H,7,9,11-13H2,1-5H3. The molecule has 0 saturated carbocycles. The monoisotopic (exact) mass is 414 g/mol. The molecule has 1 aliphatic heterocycles. The van der Waals surface area contributed by atoms with E-state index >= 15 is 0 Å². The van der Waals surface area contributed by atoms with Crippen LogP contribution >= 0.6 is 0 Å². The highest BCUT2D eigenvalue weighted by atomic mass is 16.6. The van der Waals surface area contributed by atoms with Gasteiger partial charge in [-0.05, 0) is 52.2 Å². The number of carbonyl (C=O) groups is 2. The number of likely N-dealkylation sites (N-methyl/N-ethyl adjacent to an activating group) is 1. The molecule has 162 valence electrons. The van der Waals surface area contributed by atoms with Crippen molar-refractivity contribution in [3.8, 4) is 0 Å². The number of rotatable bonds is 4. The van der Waals surface area contributed by atoms with Gasteiger partial charge in [0.25, 0.3) is 5.56 Å². The average Bonchev–Trinajstić information content (AvgIpc) is 3.11. The molecule has 0 bridgehead atoms. The van der Waals surface area contributed by atoms with E-state index in [9.17, 15) is 14.4 Å². The van der Waals surface area contributed by atoms with Crippen LogP contribution < -0.4 is 5.56 Å². The molecule has 1 fully saturated rings. The van der Waals surface area contributed by atoms with Crippen molar-refractivity contribution in [1.29, 1.82) is 0 Å². The zero-order valence-electron chi connectivity index (χ0n) is 18.3. The molecule has 0 aliphatic carbocycles. The fourth-order valence-electron chi connectivity index (χ4n) is 3.77. The van der Waals surface area contributed by atoms with Gasteiger partial charge in [0.1, 0.15) is 12.1 Å². The Morgan fingerprint density at radius 3 is 2.73 bits per heavy atom. The molecule has 2 heterocycles. The van der Waals surface area contributed by atoms with Crippen molar-refractivity contribution in [1.82, 2.24) is 19.4 Å². The summed E-state index contributed by atoms with van der Waals surface area (Å²) in [6.45, 7) is 8.30. The zero-order chi connectivity index (χ0) is 22.1. The molecule has 1 unspecified atom stereocenters. The van der Waals surface area contributed by atoms with Gasteiger partial charge >= 0.3 is 6.09 Å². The van der Waals surface area contributed by atoms with E-state index in [1.54, 1.807) is 18.0 Å². The van der Waals surface area contributed by atoms with Crippen LogP contribution in [-0.2, 0) is 16.1 Å². The Labute approximate surface area is 176 Å². The fraction of sp³-hybridized carbons (Fsp3) is 0.545. The number of likely N-dealkylation sites (tertiary alicyclic amines) is 1. The molecule has 1 aromatic heterocycles. The molecule has 1 aliphatic rings. The summed E-state index contributed by atoms with van der Waals surface area (Å²) in [6.07, 6.45) is 2.70. The number of amides is 2. The molecule has 2 aromatic rings. The van der Waals surface area contributed by atoms with Crippen LogP contribution in [0.4, 0.5) is 4.79 Å². The Hall–Kier alpha value is -2.90. The lowest BCUT2D eigenvalue weighted by Crippen LogP contribution is -2.46. The highest BCUT2D eigenvalue weighted by Crippen LogP contribution is 2.20. The summed E-state index contributed by atoms with van der Waals surface area (Å²) in [6, 6.07) is 5.35. The van der Waals surface area contributed by atoms with Crippen LogP contribution in [0, 0.1) is 6.92 Å². The summed E-state index contributed by atoms with van der Waals surface area (Å²) >= 11 is 0. The van der Waals surface area contributed by atoms with E-state index in [1.165, 1.54) is 15.8 Å². The number of hydrogen-bond acceptors (Lipinski definition) is 5. The molecule has 1 saturated heterocycles. The number of nitrogens with zero attached hydrogens (tertiary/aromatic N) is 4. The second kappa shape index (κ2) is 8.45. The van der Waals surface area contributed by atoms with Gasteiger partial charge in [-0.25, -0.2) is 9.78 Å². The molecule has 0 spiro atoms. The normalized spacial score (nSPS) is 16.7. The molecular formula is C22H30N4O4. The number of carbonyl (C=O) groups excluding carboxylic acids is 2. The lowest BCUT2D eigenvalue weighted by atomic mass is 10.1. The first-order valence-electron chi connectivity index (χ1n) is 10.2. The Morgan fingerprint density at radius 1 is 1.30 bits per heavy atom. The van der Waals surface area contributed by atoms with E-state index < -0.39 is 11.7 Å². The van der Waals surface area contributed by atoms with Crippen molar-refractivity contribution in [3.63, 3.8) is 0 Å². The minimum atomic E-state index is -0.570. The number of para-hydroxylation sites is 1. The van der Waals surface area contributed by atoms with Crippen LogP contribution in [0.3, 0.4) is 0 Å². The van der Waals surface area contributed by atoms with E-state index in [0.717, 1.165) is 18.4 Å². The highest BCUT2D eigenvalue weighted by Gasteiger charge is 2.31. The van der Waals surface area contributed by atoms with Crippen molar-refractivity contribution in [2.24, 2.45) is 0 Å². The highest BCUT2D eigenvalue weighted by molar-refractivity contribution is 5.81. The topological polar surface area (TPSA) is 84.7 Å². The Balaban J connectivity index is 1.71. The molecule has 3 rings (SSSR count). The maximum absolute atomic E-state index is 13.0. The number of aromatic nitrogens is 2. The summed E-state index contributed by atoms with van der Waals surface area (Å²) in [5.41, 5.74) is 0.787. The minimum Gasteiger partial charge on any atom is -0.444 e. The SMILES string of the molecule is Cc1cccc2c(=O)n(CC(=O)N3CCCC3CN(C)C(=O)OC(C)(C)C)cnc12. The van der Waals surface area contributed by atoms with Crippen LogP contribution in [0.15, 0.2) is 29.3 Å². The van der Waals surface area contributed by atoms with Gasteiger partial charge in [0.05, 0.1) is 17.2 Å². The van der Waals surface area contributed by atoms with Gasteiger partial charge in [0.2, 0.25) is 5.91 Å². The van der Waals surface area contributed by atoms with Gasteiger partial charge in [-0.15, -0.1) is 0 Å². The molecule has 1 aromatic carbocycles. The van der Waals surface area contributed by atoms with E-state index in [4.69, 9.17) is 4.74 Å². The van der Waals surface area contributed by atoms with Gasteiger partial charge in [0.15, 0.2) is 0 Å². The smallest absolute Gasteiger partial charge is 0.410 e. The van der Waals surface area contributed by atoms with E-state index in [2.05, 4.69) is 4.98 Å². The van der Waals surface area contributed by atoms with E-state index in [-0.39, 0.29) is 24.1 Å². The number of aryl methyl sites for hydroxylation is 1. The molecule has 2 amide bonds. The first-order valence-corrected chi connectivity index (χ1v) is 10.2. The van der Waals surface area contributed by atoms with Crippen molar-refractivity contribution in [2.45, 2.75) is 58.7 Å². The molecule has 1 atom stereocenters.